The molecule has 1 N–H and O–H groups in total. The summed E-state index contributed by atoms with van der Waals surface area (Å²) in [5.74, 6) is -0.638. The SMILES string of the molecule is Cc1ccc(C2=C(Nc3cccc4ccccc34)C(=O)N(Cc3ccncc3)C2=O)cc1C. The Labute approximate surface area is 192 Å². The lowest BCUT2D eigenvalue weighted by Crippen LogP contribution is -2.32. The molecule has 0 radical (unpaired) electrons. The van der Waals surface area contributed by atoms with E-state index in [1.165, 1.54) is 4.90 Å². The van der Waals surface area contributed by atoms with Crippen LogP contribution in [0, 0.1) is 13.8 Å². The minimum atomic E-state index is -0.335. The molecule has 1 aliphatic heterocycles. The second-order valence-electron chi connectivity index (χ2n) is 8.25. The number of rotatable bonds is 5. The number of aromatic nitrogens is 1. The molecule has 0 spiro atoms. The molecule has 0 saturated heterocycles. The largest absolute Gasteiger partial charge is 0.350 e. The summed E-state index contributed by atoms with van der Waals surface area (Å²) in [5.41, 5.74) is 5.26. The summed E-state index contributed by atoms with van der Waals surface area (Å²) in [6.45, 7) is 4.22. The first-order valence-electron chi connectivity index (χ1n) is 10.8. The molecule has 0 unspecified atom stereocenters. The van der Waals surface area contributed by atoms with Crippen LogP contribution in [0.3, 0.4) is 0 Å². The zero-order valence-corrected chi connectivity index (χ0v) is 18.5. The number of aryl methyl sites for hydroxylation is 2. The number of imide groups is 1. The van der Waals surface area contributed by atoms with Crippen LogP contribution in [0.25, 0.3) is 16.3 Å². The molecule has 4 aromatic rings. The number of fused-ring (bicyclic) bond motifs is 1. The van der Waals surface area contributed by atoms with Crippen molar-refractivity contribution < 1.29 is 9.59 Å². The van der Waals surface area contributed by atoms with Crippen LogP contribution in [-0.2, 0) is 16.1 Å². The highest BCUT2D eigenvalue weighted by atomic mass is 16.2. The van der Waals surface area contributed by atoms with E-state index in [1.54, 1.807) is 12.4 Å². The number of carbonyl (C=O) groups excluding carboxylic acids is 2. The van der Waals surface area contributed by atoms with E-state index in [4.69, 9.17) is 0 Å². The predicted octanol–water partition coefficient (Wildman–Crippen LogP) is 5.24. The maximum Gasteiger partial charge on any atom is 0.278 e. The van der Waals surface area contributed by atoms with Gasteiger partial charge in [0, 0.05) is 23.5 Å². The topological polar surface area (TPSA) is 62.3 Å². The predicted molar refractivity (Wildman–Crippen MR) is 130 cm³/mol. The highest BCUT2D eigenvalue weighted by Gasteiger charge is 2.39. The van der Waals surface area contributed by atoms with Crippen LogP contribution in [0.1, 0.15) is 22.3 Å². The Bertz CT molecular complexity index is 1420. The van der Waals surface area contributed by atoms with Crippen LogP contribution in [0.2, 0.25) is 0 Å². The minimum Gasteiger partial charge on any atom is -0.350 e. The molecule has 1 aromatic heterocycles. The highest BCUT2D eigenvalue weighted by molar-refractivity contribution is 6.36. The summed E-state index contributed by atoms with van der Waals surface area (Å²) >= 11 is 0. The fraction of sp³-hybridized carbons (Fsp3) is 0.107. The first kappa shape index (κ1) is 20.6. The average Bonchev–Trinajstić information content (AvgIpc) is 3.06. The third-order valence-electron chi connectivity index (χ3n) is 6.10. The Hall–Kier alpha value is -4.25. The molecule has 3 aromatic carbocycles. The molecule has 2 heterocycles. The van der Waals surface area contributed by atoms with Crippen molar-refractivity contribution in [1.82, 2.24) is 9.88 Å². The molecule has 162 valence electrons. The minimum absolute atomic E-state index is 0.190. The molecular formula is C28H23N3O2. The third-order valence-corrected chi connectivity index (χ3v) is 6.10. The lowest BCUT2D eigenvalue weighted by atomic mass is 9.99. The smallest absolute Gasteiger partial charge is 0.278 e. The van der Waals surface area contributed by atoms with E-state index in [2.05, 4.69) is 10.3 Å². The van der Waals surface area contributed by atoms with Gasteiger partial charge in [-0.25, -0.2) is 0 Å². The summed E-state index contributed by atoms with van der Waals surface area (Å²) < 4.78 is 0. The Morgan fingerprint density at radius 2 is 1.58 bits per heavy atom. The van der Waals surface area contributed by atoms with E-state index >= 15 is 0 Å². The molecule has 0 saturated carbocycles. The number of amides is 2. The van der Waals surface area contributed by atoms with Gasteiger partial charge in [-0.2, -0.15) is 0 Å². The van der Waals surface area contributed by atoms with Crippen molar-refractivity contribution in [3.63, 3.8) is 0 Å². The number of hydrogen-bond donors (Lipinski definition) is 1. The van der Waals surface area contributed by atoms with E-state index in [0.29, 0.717) is 11.3 Å². The molecule has 1 aliphatic rings. The number of nitrogens with zero attached hydrogens (tertiary/aromatic N) is 2. The number of carbonyl (C=O) groups is 2. The van der Waals surface area contributed by atoms with Gasteiger partial charge in [-0.05, 0) is 59.7 Å². The number of anilines is 1. The van der Waals surface area contributed by atoms with Crippen molar-refractivity contribution in [2.75, 3.05) is 5.32 Å². The summed E-state index contributed by atoms with van der Waals surface area (Å²) in [6, 6.07) is 23.3. The first-order chi connectivity index (χ1) is 16.0. The maximum absolute atomic E-state index is 13.6. The summed E-state index contributed by atoms with van der Waals surface area (Å²) in [6.07, 6.45) is 3.32. The second-order valence-corrected chi connectivity index (χ2v) is 8.25. The van der Waals surface area contributed by atoms with Gasteiger partial charge in [-0.1, -0.05) is 54.6 Å². The zero-order valence-electron chi connectivity index (χ0n) is 18.5. The summed E-state index contributed by atoms with van der Waals surface area (Å²) in [7, 11) is 0. The van der Waals surface area contributed by atoms with Crippen molar-refractivity contribution in [3.05, 3.63) is 113 Å². The molecule has 2 amide bonds. The lowest BCUT2D eigenvalue weighted by Gasteiger charge is -2.15. The quantitative estimate of drug-likeness (QED) is 0.437. The van der Waals surface area contributed by atoms with Gasteiger partial charge in [0.05, 0.1) is 12.1 Å². The first-order valence-corrected chi connectivity index (χ1v) is 10.8. The van der Waals surface area contributed by atoms with Crippen LogP contribution in [0.5, 0.6) is 0 Å². The van der Waals surface area contributed by atoms with E-state index in [1.807, 2.05) is 86.6 Å². The normalized spacial score (nSPS) is 13.8. The Kier molecular flexibility index (Phi) is 5.23. The lowest BCUT2D eigenvalue weighted by molar-refractivity contribution is -0.137. The van der Waals surface area contributed by atoms with E-state index in [0.717, 1.165) is 38.7 Å². The van der Waals surface area contributed by atoms with Crippen LogP contribution >= 0.6 is 0 Å². The Morgan fingerprint density at radius 1 is 0.818 bits per heavy atom. The van der Waals surface area contributed by atoms with Crippen molar-refractivity contribution in [2.24, 2.45) is 0 Å². The molecule has 0 atom stereocenters. The van der Waals surface area contributed by atoms with Crippen molar-refractivity contribution >= 4 is 33.8 Å². The molecule has 33 heavy (non-hydrogen) atoms. The molecule has 0 aliphatic carbocycles. The van der Waals surface area contributed by atoms with Crippen LogP contribution in [0.4, 0.5) is 5.69 Å². The van der Waals surface area contributed by atoms with Crippen molar-refractivity contribution in [3.8, 4) is 0 Å². The fourth-order valence-electron chi connectivity index (χ4n) is 4.14. The van der Waals surface area contributed by atoms with E-state index < -0.39 is 0 Å². The van der Waals surface area contributed by atoms with Gasteiger partial charge >= 0.3 is 0 Å². The maximum atomic E-state index is 13.6. The van der Waals surface area contributed by atoms with Crippen LogP contribution in [0.15, 0.2) is 90.9 Å². The Balaban J connectivity index is 1.62. The second kappa shape index (κ2) is 8.36. The molecule has 5 nitrogen and oxygen atoms in total. The number of nitrogens with one attached hydrogen (secondary N) is 1. The molecule has 0 fully saturated rings. The Morgan fingerprint density at radius 3 is 2.36 bits per heavy atom. The van der Waals surface area contributed by atoms with Crippen LogP contribution in [-0.4, -0.2) is 21.7 Å². The van der Waals surface area contributed by atoms with Gasteiger partial charge in [0.2, 0.25) is 0 Å². The summed E-state index contributed by atoms with van der Waals surface area (Å²) in [4.78, 5) is 32.5. The number of benzene rings is 3. The van der Waals surface area contributed by atoms with E-state index in [9.17, 15) is 9.59 Å². The number of pyridine rings is 1. The molecule has 5 rings (SSSR count). The molecule has 0 bridgehead atoms. The standard InChI is InChI=1S/C28H23N3O2/c1-18-10-11-22(16-19(18)2)25-26(30-24-9-5-7-21-6-3-4-8-23(21)24)28(33)31(27(25)32)17-20-12-14-29-15-13-20/h3-16,30H,17H2,1-2H3. The monoisotopic (exact) mass is 433 g/mol. The zero-order chi connectivity index (χ0) is 22.9. The van der Waals surface area contributed by atoms with Gasteiger partial charge in [0.25, 0.3) is 11.8 Å². The van der Waals surface area contributed by atoms with Gasteiger partial charge in [0.15, 0.2) is 0 Å². The molecule has 5 heteroatoms. The van der Waals surface area contributed by atoms with E-state index in [-0.39, 0.29) is 18.4 Å². The fourth-order valence-corrected chi connectivity index (χ4v) is 4.14. The van der Waals surface area contributed by atoms with Gasteiger partial charge in [-0.3, -0.25) is 19.5 Å². The molecular weight excluding hydrogens is 410 g/mol. The van der Waals surface area contributed by atoms with Crippen LogP contribution < -0.4 is 5.32 Å². The summed E-state index contributed by atoms with van der Waals surface area (Å²) in [5, 5.41) is 5.36. The average molecular weight is 434 g/mol. The number of hydrogen-bond acceptors (Lipinski definition) is 4. The highest BCUT2D eigenvalue weighted by Crippen LogP contribution is 2.34. The van der Waals surface area contributed by atoms with Crippen molar-refractivity contribution in [1.29, 1.82) is 0 Å². The van der Waals surface area contributed by atoms with Gasteiger partial charge in [-0.15, -0.1) is 0 Å². The third kappa shape index (κ3) is 3.78. The van der Waals surface area contributed by atoms with Crippen molar-refractivity contribution in [2.45, 2.75) is 20.4 Å². The van der Waals surface area contributed by atoms with Gasteiger partial charge in [0.1, 0.15) is 5.70 Å². The van der Waals surface area contributed by atoms with Gasteiger partial charge < -0.3 is 5.32 Å².